The molecule has 0 bridgehead atoms. The number of carbonyl (C=O) groups excluding carboxylic acids is 1. The predicted octanol–water partition coefficient (Wildman–Crippen LogP) is 8.11. The average molecular weight is 706 g/mol. The van der Waals surface area contributed by atoms with E-state index in [9.17, 15) is 4.79 Å². The second-order valence-electron chi connectivity index (χ2n) is 10.6. The molecule has 0 radical (unpaired) electrons. The molecule has 0 saturated heterocycles. The van der Waals surface area contributed by atoms with Gasteiger partial charge in [0.2, 0.25) is 0 Å². The number of thioether (sulfide) groups is 1. The van der Waals surface area contributed by atoms with E-state index in [1.165, 1.54) is 49.4 Å². The fraction of sp³-hybridized carbons (Fsp3) is 0.265. The first-order valence-corrected chi connectivity index (χ1v) is 16.4. The number of aliphatic imine (C=N–C) groups is 1. The minimum atomic E-state index is -0.440. The van der Waals surface area contributed by atoms with Crippen molar-refractivity contribution >= 4 is 63.0 Å². The third-order valence-electron chi connectivity index (χ3n) is 7.80. The smallest absolute Gasteiger partial charge is 0.283 e. The van der Waals surface area contributed by atoms with Gasteiger partial charge in [0.15, 0.2) is 16.7 Å². The Morgan fingerprint density at radius 3 is 2.51 bits per heavy atom. The van der Waals surface area contributed by atoms with Crippen LogP contribution in [0, 0.1) is 8.98 Å². The summed E-state index contributed by atoms with van der Waals surface area (Å²) in [5, 5.41) is 11.3. The Labute approximate surface area is 269 Å². The Morgan fingerprint density at radius 2 is 1.77 bits per heavy atom. The highest BCUT2D eigenvalue weighted by Gasteiger charge is 2.36. The van der Waals surface area contributed by atoms with Gasteiger partial charge in [0.25, 0.3) is 5.91 Å². The number of amidine groups is 2. The van der Waals surface area contributed by atoms with E-state index in [2.05, 4.69) is 39.7 Å². The Bertz CT molecular complexity index is 1610. The number of amides is 1. The molecule has 7 nitrogen and oxygen atoms in total. The van der Waals surface area contributed by atoms with Gasteiger partial charge in [-0.1, -0.05) is 73.5 Å². The molecule has 43 heavy (non-hydrogen) atoms. The maximum absolute atomic E-state index is 13.0. The molecule has 3 aromatic rings. The summed E-state index contributed by atoms with van der Waals surface area (Å²) in [5.74, 6) is 2.30. The summed E-state index contributed by atoms with van der Waals surface area (Å²) in [6.45, 7) is 0.740. The zero-order chi connectivity index (χ0) is 29.8. The van der Waals surface area contributed by atoms with Crippen LogP contribution >= 0.6 is 34.4 Å². The Balaban J connectivity index is 1.12. The van der Waals surface area contributed by atoms with Gasteiger partial charge in [0.1, 0.15) is 24.8 Å². The number of fused-ring (bicyclic) bond motifs is 1. The van der Waals surface area contributed by atoms with Crippen molar-refractivity contribution in [1.82, 2.24) is 4.90 Å². The van der Waals surface area contributed by atoms with Crippen molar-refractivity contribution in [3.63, 3.8) is 0 Å². The summed E-state index contributed by atoms with van der Waals surface area (Å²) in [6.07, 6.45) is 8.25. The first kappa shape index (κ1) is 29.5. The molecular formula is C34H32IN3O4S. The second-order valence-corrected chi connectivity index (χ2v) is 12.6. The van der Waals surface area contributed by atoms with Crippen LogP contribution in [-0.4, -0.2) is 42.1 Å². The Kier molecular flexibility index (Phi) is 9.18. The van der Waals surface area contributed by atoms with E-state index >= 15 is 0 Å². The number of nitrogens with zero attached hydrogens (tertiary/aromatic N) is 2. The van der Waals surface area contributed by atoms with Crippen LogP contribution in [0.5, 0.6) is 17.2 Å². The van der Waals surface area contributed by atoms with Crippen LogP contribution in [0.25, 0.3) is 11.8 Å². The van der Waals surface area contributed by atoms with E-state index in [1.54, 1.807) is 18.1 Å². The van der Waals surface area contributed by atoms with Crippen LogP contribution in [0.1, 0.15) is 54.7 Å². The lowest BCUT2D eigenvalue weighted by molar-refractivity contribution is -0.114. The van der Waals surface area contributed by atoms with Crippen LogP contribution < -0.4 is 14.2 Å². The van der Waals surface area contributed by atoms with Crippen molar-refractivity contribution in [1.29, 1.82) is 5.41 Å². The van der Waals surface area contributed by atoms with Crippen molar-refractivity contribution in [3.8, 4) is 17.2 Å². The molecule has 0 aromatic heterocycles. The number of halogens is 1. The zero-order valence-electron chi connectivity index (χ0n) is 23.8. The molecular weight excluding hydrogens is 673 g/mol. The quantitative estimate of drug-likeness (QED) is 0.138. The normalized spacial score (nSPS) is 17.9. The minimum Gasteiger partial charge on any atom is -0.493 e. The van der Waals surface area contributed by atoms with E-state index in [0.717, 1.165) is 20.6 Å². The monoisotopic (exact) mass is 705 g/mol. The van der Waals surface area contributed by atoms with Crippen molar-refractivity contribution in [2.75, 3.05) is 20.3 Å². The molecule has 0 atom stereocenters. The topological polar surface area (TPSA) is 84.2 Å². The van der Waals surface area contributed by atoms with Crippen LogP contribution in [0.15, 0.2) is 82.7 Å². The number of carbonyl (C=O) groups is 1. The first-order valence-electron chi connectivity index (χ1n) is 14.4. The number of hydrogen-bond donors (Lipinski definition) is 1. The molecule has 220 valence electrons. The van der Waals surface area contributed by atoms with Gasteiger partial charge >= 0.3 is 0 Å². The number of nitrogens with one attached hydrogen (secondary N) is 1. The number of ether oxygens (including phenoxy) is 3. The van der Waals surface area contributed by atoms with E-state index < -0.39 is 5.91 Å². The summed E-state index contributed by atoms with van der Waals surface area (Å²) in [6, 6.07) is 22.0. The van der Waals surface area contributed by atoms with Crippen molar-refractivity contribution < 1.29 is 19.0 Å². The van der Waals surface area contributed by atoms with Crippen LogP contribution in [0.3, 0.4) is 0 Å². The average Bonchev–Trinajstić information content (AvgIpc) is 3.47. The molecule has 1 saturated carbocycles. The summed E-state index contributed by atoms with van der Waals surface area (Å²) in [7, 11) is 1.59. The van der Waals surface area contributed by atoms with Crippen LogP contribution in [0.4, 0.5) is 0 Å². The van der Waals surface area contributed by atoms with Crippen LogP contribution in [0.2, 0.25) is 0 Å². The number of rotatable bonds is 9. The molecule has 0 unspecified atom stereocenters. The summed E-state index contributed by atoms with van der Waals surface area (Å²) < 4.78 is 18.5. The van der Waals surface area contributed by atoms with E-state index in [-0.39, 0.29) is 11.4 Å². The number of hydrogen-bond acceptors (Lipinski definition) is 6. The molecule has 9 heteroatoms. The van der Waals surface area contributed by atoms with Gasteiger partial charge in [-0.3, -0.25) is 15.1 Å². The van der Waals surface area contributed by atoms with Gasteiger partial charge in [0, 0.05) is 5.41 Å². The van der Waals surface area contributed by atoms with E-state index in [1.807, 2.05) is 60.0 Å². The van der Waals surface area contributed by atoms with Crippen molar-refractivity contribution in [3.05, 3.63) is 98.0 Å². The highest BCUT2D eigenvalue weighted by molar-refractivity contribution is 14.1. The third-order valence-corrected chi connectivity index (χ3v) is 9.43. The first-order chi connectivity index (χ1) is 21.0. The maximum Gasteiger partial charge on any atom is 0.283 e. The fourth-order valence-corrected chi connectivity index (χ4v) is 7.29. The highest BCUT2D eigenvalue weighted by Crippen LogP contribution is 2.39. The Hall–Kier alpha value is -3.57. The van der Waals surface area contributed by atoms with Crippen molar-refractivity contribution in [2.24, 2.45) is 4.99 Å². The van der Waals surface area contributed by atoms with E-state index in [4.69, 9.17) is 19.6 Å². The zero-order valence-corrected chi connectivity index (χ0v) is 26.8. The molecule has 1 amide bonds. The SMILES string of the molecule is COc1cc(C=C2C(=N)N3C(c4ccccc4)=CSC3=NC2=O)cc(I)c1OCCOc1ccc(C2CCCCC2)cc1. The lowest BCUT2D eigenvalue weighted by atomic mass is 9.84. The maximum atomic E-state index is 13.0. The largest absolute Gasteiger partial charge is 0.493 e. The van der Waals surface area contributed by atoms with Crippen LogP contribution in [-0.2, 0) is 4.79 Å². The molecule has 2 heterocycles. The number of methoxy groups -OCH3 is 1. The molecule has 0 spiro atoms. The van der Waals surface area contributed by atoms with Gasteiger partial charge in [-0.2, -0.15) is 4.99 Å². The predicted molar refractivity (Wildman–Crippen MR) is 181 cm³/mol. The van der Waals surface area contributed by atoms with E-state index in [0.29, 0.717) is 41.4 Å². The molecule has 6 rings (SSSR count). The van der Waals surface area contributed by atoms with Gasteiger partial charge in [0.05, 0.1) is 22.0 Å². The van der Waals surface area contributed by atoms with Gasteiger partial charge < -0.3 is 14.2 Å². The summed E-state index contributed by atoms with van der Waals surface area (Å²) in [5.41, 5.74) is 4.11. The second kappa shape index (κ2) is 13.4. The van der Waals surface area contributed by atoms with Crippen molar-refractivity contribution in [2.45, 2.75) is 38.0 Å². The fourth-order valence-electron chi connectivity index (χ4n) is 5.62. The molecule has 3 aromatic carbocycles. The van der Waals surface area contributed by atoms with Gasteiger partial charge in [-0.05, 0) is 88.4 Å². The third kappa shape index (κ3) is 6.52. The molecule has 1 N–H and O–H groups in total. The summed E-state index contributed by atoms with van der Waals surface area (Å²) in [4.78, 5) is 18.9. The number of benzene rings is 3. The lowest BCUT2D eigenvalue weighted by Crippen LogP contribution is -2.38. The molecule has 3 aliphatic rings. The van der Waals surface area contributed by atoms with Gasteiger partial charge in [-0.15, -0.1) is 0 Å². The molecule has 1 fully saturated rings. The molecule has 1 aliphatic carbocycles. The standard InChI is InChI=1S/C34H32IN3O4S/c1-40-30-20-22(18-27-32(36)38-29(25-10-6-3-7-11-25)21-43-34(38)37-33(27)39)19-28(35)31(30)42-17-16-41-26-14-12-24(13-15-26)23-8-4-2-5-9-23/h3,6-7,10-15,18-21,23,36H,2,4-5,8-9,16-17H2,1H3. The highest BCUT2D eigenvalue weighted by atomic mass is 127. The Morgan fingerprint density at radius 1 is 1.02 bits per heavy atom. The van der Waals surface area contributed by atoms with Gasteiger partial charge in [-0.25, -0.2) is 0 Å². The lowest BCUT2D eigenvalue weighted by Gasteiger charge is -2.27. The minimum absolute atomic E-state index is 0.0910. The summed E-state index contributed by atoms with van der Waals surface area (Å²) >= 11 is 3.55. The molecule has 2 aliphatic heterocycles.